The SMILES string of the molecule is CCN1C(=O)OCC1Cc1ccc(Oc2ccc(/C=C3\SC(=O)NC3=O)c(Cl)c2)cc1. The number of thioether (sulfide) groups is 1. The first-order valence-corrected chi connectivity index (χ1v) is 10.9. The smallest absolute Gasteiger partial charge is 0.410 e. The van der Waals surface area contributed by atoms with Crippen LogP contribution >= 0.6 is 23.4 Å². The van der Waals surface area contributed by atoms with Crippen molar-refractivity contribution in [1.29, 1.82) is 0 Å². The van der Waals surface area contributed by atoms with Gasteiger partial charge in [0.15, 0.2) is 0 Å². The Bertz CT molecular complexity index is 1070. The molecule has 3 amide bonds. The summed E-state index contributed by atoms with van der Waals surface area (Å²) in [5, 5.41) is 2.21. The summed E-state index contributed by atoms with van der Waals surface area (Å²) >= 11 is 7.16. The molecular weight excluding hydrogens is 440 g/mol. The van der Waals surface area contributed by atoms with Crippen LogP contribution in [0.5, 0.6) is 11.5 Å². The highest BCUT2D eigenvalue weighted by atomic mass is 35.5. The zero-order chi connectivity index (χ0) is 22.0. The molecule has 7 nitrogen and oxygen atoms in total. The number of carbonyl (C=O) groups excluding carboxylic acids is 3. The van der Waals surface area contributed by atoms with Crippen LogP contribution in [-0.4, -0.2) is 41.3 Å². The highest BCUT2D eigenvalue weighted by Crippen LogP contribution is 2.31. The Morgan fingerprint density at radius 3 is 2.58 bits per heavy atom. The summed E-state index contributed by atoms with van der Waals surface area (Å²) < 4.78 is 11.0. The van der Waals surface area contributed by atoms with Crippen molar-refractivity contribution in [1.82, 2.24) is 10.2 Å². The summed E-state index contributed by atoms with van der Waals surface area (Å²) in [5.74, 6) is 0.766. The van der Waals surface area contributed by atoms with E-state index in [-0.39, 0.29) is 12.1 Å². The first kappa shape index (κ1) is 21.3. The van der Waals surface area contributed by atoms with E-state index in [9.17, 15) is 14.4 Å². The van der Waals surface area contributed by atoms with Crippen molar-refractivity contribution in [2.75, 3.05) is 13.2 Å². The maximum atomic E-state index is 11.7. The molecule has 2 fully saturated rings. The number of cyclic esters (lactones) is 1. The van der Waals surface area contributed by atoms with Gasteiger partial charge < -0.3 is 14.4 Å². The summed E-state index contributed by atoms with van der Waals surface area (Å²) in [4.78, 5) is 36.7. The van der Waals surface area contributed by atoms with Gasteiger partial charge in [0.1, 0.15) is 18.1 Å². The lowest BCUT2D eigenvalue weighted by atomic mass is 10.1. The molecule has 2 heterocycles. The largest absolute Gasteiger partial charge is 0.457 e. The van der Waals surface area contributed by atoms with E-state index in [1.807, 2.05) is 31.2 Å². The molecule has 31 heavy (non-hydrogen) atoms. The van der Waals surface area contributed by atoms with E-state index in [1.165, 1.54) is 0 Å². The van der Waals surface area contributed by atoms with Crippen LogP contribution in [0.25, 0.3) is 6.08 Å². The Labute approximate surface area is 188 Å². The van der Waals surface area contributed by atoms with Crippen molar-refractivity contribution >= 4 is 46.7 Å². The van der Waals surface area contributed by atoms with Crippen molar-refractivity contribution < 1.29 is 23.9 Å². The number of ether oxygens (including phenoxy) is 2. The zero-order valence-corrected chi connectivity index (χ0v) is 18.2. The van der Waals surface area contributed by atoms with Crippen molar-refractivity contribution in [3.8, 4) is 11.5 Å². The second-order valence-corrected chi connectivity index (χ2v) is 8.42. The molecule has 9 heteroatoms. The predicted molar refractivity (Wildman–Crippen MR) is 118 cm³/mol. The van der Waals surface area contributed by atoms with Crippen LogP contribution in [0.2, 0.25) is 5.02 Å². The van der Waals surface area contributed by atoms with E-state index in [4.69, 9.17) is 21.1 Å². The number of amides is 3. The number of benzene rings is 2. The van der Waals surface area contributed by atoms with Crippen LogP contribution in [0.3, 0.4) is 0 Å². The molecule has 0 radical (unpaired) electrons. The number of nitrogens with zero attached hydrogens (tertiary/aromatic N) is 1. The monoisotopic (exact) mass is 458 g/mol. The number of likely N-dealkylation sites (N-methyl/N-ethyl adjacent to an activating group) is 1. The Morgan fingerprint density at radius 2 is 1.94 bits per heavy atom. The Morgan fingerprint density at radius 1 is 1.19 bits per heavy atom. The van der Waals surface area contributed by atoms with Crippen molar-refractivity contribution in [2.45, 2.75) is 19.4 Å². The third-order valence-electron chi connectivity index (χ3n) is 4.95. The van der Waals surface area contributed by atoms with Gasteiger partial charge in [-0.1, -0.05) is 23.7 Å². The standard InChI is InChI=1S/C22H19ClN2O5S/c1-2-25-15(12-29-22(25)28)9-13-3-6-16(7-4-13)30-17-8-5-14(18(23)11-17)10-19-20(26)24-21(27)31-19/h3-8,10-11,15H,2,9,12H2,1H3,(H,24,26,27)/b19-10-. The van der Waals surface area contributed by atoms with E-state index in [0.717, 1.165) is 17.3 Å². The minimum absolute atomic E-state index is 0.0418. The van der Waals surface area contributed by atoms with Gasteiger partial charge >= 0.3 is 6.09 Å². The highest BCUT2D eigenvalue weighted by molar-refractivity contribution is 8.18. The van der Waals surface area contributed by atoms with E-state index < -0.39 is 11.1 Å². The summed E-state index contributed by atoms with van der Waals surface area (Å²) in [6.07, 6.45) is 2.02. The fourth-order valence-corrected chi connectivity index (χ4v) is 4.30. The molecular formula is C22H19ClN2O5S. The normalized spacial score (nSPS) is 19.7. The molecule has 2 aliphatic heterocycles. The van der Waals surface area contributed by atoms with Gasteiger partial charge in [-0.3, -0.25) is 14.9 Å². The number of nitrogens with one attached hydrogen (secondary N) is 1. The summed E-state index contributed by atoms with van der Waals surface area (Å²) in [6, 6.07) is 12.8. The molecule has 0 spiro atoms. The molecule has 1 N–H and O–H groups in total. The van der Waals surface area contributed by atoms with Gasteiger partial charge in [0.25, 0.3) is 11.1 Å². The van der Waals surface area contributed by atoms with Gasteiger partial charge in [0.2, 0.25) is 0 Å². The van der Waals surface area contributed by atoms with Crippen LogP contribution in [0, 0.1) is 0 Å². The van der Waals surface area contributed by atoms with E-state index >= 15 is 0 Å². The number of carbonyl (C=O) groups is 3. The third-order valence-corrected chi connectivity index (χ3v) is 6.08. The second kappa shape index (κ2) is 9.03. The molecule has 0 aromatic heterocycles. The molecule has 2 aromatic carbocycles. The fraction of sp³-hybridized carbons (Fsp3) is 0.227. The molecule has 2 aliphatic rings. The molecule has 0 aliphatic carbocycles. The molecule has 4 rings (SSSR count). The van der Waals surface area contributed by atoms with Gasteiger partial charge in [0, 0.05) is 6.54 Å². The quantitative estimate of drug-likeness (QED) is 0.623. The average molecular weight is 459 g/mol. The molecule has 160 valence electrons. The van der Waals surface area contributed by atoms with Crippen molar-refractivity contribution in [3.05, 3.63) is 63.5 Å². The molecule has 0 bridgehead atoms. The van der Waals surface area contributed by atoms with Crippen LogP contribution in [0.1, 0.15) is 18.1 Å². The molecule has 2 saturated heterocycles. The number of imide groups is 1. The first-order valence-electron chi connectivity index (χ1n) is 9.67. The molecule has 1 unspecified atom stereocenters. The minimum Gasteiger partial charge on any atom is -0.457 e. The van der Waals surface area contributed by atoms with Gasteiger partial charge in [-0.15, -0.1) is 0 Å². The number of hydrogen-bond acceptors (Lipinski definition) is 6. The lowest BCUT2D eigenvalue weighted by molar-refractivity contribution is -0.115. The fourth-order valence-electron chi connectivity index (χ4n) is 3.40. The number of hydrogen-bond donors (Lipinski definition) is 1. The molecule has 0 saturated carbocycles. The number of halogens is 1. The maximum Gasteiger partial charge on any atom is 0.410 e. The average Bonchev–Trinajstić information content (AvgIpc) is 3.25. The van der Waals surface area contributed by atoms with Gasteiger partial charge in [-0.2, -0.15) is 0 Å². The van der Waals surface area contributed by atoms with Crippen LogP contribution in [0.15, 0.2) is 47.4 Å². The Balaban J connectivity index is 1.41. The zero-order valence-electron chi connectivity index (χ0n) is 16.6. The van der Waals surface area contributed by atoms with E-state index in [1.54, 1.807) is 29.2 Å². The summed E-state index contributed by atoms with van der Waals surface area (Å²) in [7, 11) is 0. The second-order valence-electron chi connectivity index (χ2n) is 7.00. The van der Waals surface area contributed by atoms with Crippen molar-refractivity contribution in [3.63, 3.8) is 0 Å². The minimum atomic E-state index is -0.429. The molecule has 2 aromatic rings. The molecule has 1 atom stereocenters. The van der Waals surface area contributed by atoms with Gasteiger partial charge in [-0.05, 0) is 72.6 Å². The van der Waals surface area contributed by atoms with Gasteiger partial charge in [0.05, 0.1) is 16.0 Å². The topological polar surface area (TPSA) is 84.9 Å². The lowest BCUT2D eigenvalue weighted by Crippen LogP contribution is -2.34. The predicted octanol–water partition coefficient (Wildman–Crippen LogP) is 4.84. The lowest BCUT2D eigenvalue weighted by Gasteiger charge is -2.19. The van der Waals surface area contributed by atoms with Crippen LogP contribution < -0.4 is 10.1 Å². The summed E-state index contributed by atoms with van der Waals surface area (Å²) in [5.41, 5.74) is 1.70. The van der Waals surface area contributed by atoms with Crippen LogP contribution in [-0.2, 0) is 16.0 Å². The van der Waals surface area contributed by atoms with Crippen LogP contribution in [0.4, 0.5) is 9.59 Å². The Hall–Kier alpha value is -2.97. The summed E-state index contributed by atoms with van der Waals surface area (Å²) in [6.45, 7) is 2.96. The van der Waals surface area contributed by atoms with E-state index in [0.29, 0.717) is 46.6 Å². The highest BCUT2D eigenvalue weighted by Gasteiger charge is 2.31. The Kier molecular flexibility index (Phi) is 6.20. The first-order chi connectivity index (χ1) is 14.9. The van der Waals surface area contributed by atoms with Gasteiger partial charge in [-0.25, -0.2) is 4.79 Å². The van der Waals surface area contributed by atoms with Crippen molar-refractivity contribution in [2.24, 2.45) is 0 Å². The number of rotatable bonds is 6. The maximum absolute atomic E-state index is 11.7. The van der Waals surface area contributed by atoms with E-state index in [2.05, 4.69) is 5.32 Å². The third kappa shape index (κ3) is 4.86.